The number of carbonyl (C=O) groups excluding carboxylic acids is 2. The fraction of sp³-hybridized carbons (Fsp3) is 0.333. The van der Waals surface area contributed by atoms with Crippen molar-refractivity contribution in [1.82, 2.24) is 14.9 Å². The number of rotatable bonds is 8. The molecule has 192 valence electrons. The number of fused-ring (bicyclic) bond motifs is 1. The van der Waals surface area contributed by atoms with E-state index in [1.807, 2.05) is 12.1 Å². The van der Waals surface area contributed by atoms with Gasteiger partial charge in [-0.05, 0) is 37.3 Å². The minimum atomic E-state index is -1.30. The zero-order valence-electron chi connectivity index (χ0n) is 20.5. The van der Waals surface area contributed by atoms with Crippen LogP contribution in [-0.2, 0) is 23.8 Å². The molecule has 2 saturated heterocycles. The van der Waals surface area contributed by atoms with Crippen molar-refractivity contribution in [2.75, 3.05) is 46.1 Å². The summed E-state index contributed by atoms with van der Waals surface area (Å²) in [4.78, 5) is 40.2. The van der Waals surface area contributed by atoms with Gasteiger partial charge in [0.05, 0.1) is 19.8 Å². The van der Waals surface area contributed by atoms with Crippen LogP contribution in [0, 0.1) is 5.92 Å². The lowest BCUT2D eigenvalue weighted by Crippen LogP contribution is -2.38. The van der Waals surface area contributed by atoms with E-state index in [1.165, 1.54) is 0 Å². The van der Waals surface area contributed by atoms with Gasteiger partial charge in [0.2, 0.25) is 11.7 Å². The Balaban J connectivity index is 1.41. The topological polar surface area (TPSA) is 115 Å². The van der Waals surface area contributed by atoms with Crippen LogP contribution in [0.2, 0.25) is 0 Å². The number of aromatic nitrogens is 2. The molecule has 3 aromatic rings. The molecule has 0 spiro atoms. The van der Waals surface area contributed by atoms with Crippen molar-refractivity contribution in [3.05, 3.63) is 60.1 Å². The normalized spacial score (nSPS) is 20.5. The second-order valence-electron chi connectivity index (χ2n) is 8.52. The Morgan fingerprint density at radius 2 is 2.08 bits per heavy atom. The van der Waals surface area contributed by atoms with Crippen molar-refractivity contribution in [1.29, 1.82) is 0 Å². The molecule has 5 rings (SSSR count). The van der Waals surface area contributed by atoms with Crippen molar-refractivity contribution < 1.29 is 28.5 Å². The van der Waals surface area contributed by atoms with E-state index in [0.717, 1.165) is 38.2 Å². The number of ether oxygens (including phenoxy) is 4. The van der Waals surface area contributed by atoms with Crippen molar-refractivity contribution in [3.8, 4) is 5.75 Å². The van der Waals surface area contributed by atoms with E-state index < -0.39 is 17.7 Å². The van der Waals surface area contributed by atoms with Gasteiger partial charge in [-0.25, -0.2) is 9.98 Å². The maximum atomic E-state index is 13.3. The van der Waals surface area contributed by atoms with E-state index in [0.29, 0.717) is 29.3 Å². The van der Waals surface area contributed by atoms with Crippen LogP contribution in [0.3, 0.4) is 0 Å². The lowest BCUT2D eigenvalue weighted by atomic mass is 10.0. The number of para-hydroxylation sites is 2. The first-order valence-corrected chi connectivity index (χ1v) is 12.3. The SMILES string of the molecule is CCOC(=O)C1C(=O)/C(=C/c2c[nH]c3ncccc23)OC1=Nc1ccccc1OCCN1CCOCC1. The number of ketones is 1. The summed E-state index contributed by atoms with van der Waals surface area (Å²) in [6.45, 7) is 6.19. The van der Waals surface area contributed by atoms with Gasteiger partial charge < -0.3 is 23.9 Å². The molecule has 1 unspecified atom stereocenters. The van der Waals surface area contributed by atoms with Gasteiger partial charge in [-0.1, -0.05) is 12.1 Å². The Hall–Kier alpha value is -4.02. The molecule has 0 bridgehead atoms. The van der Waals surface area contributed by atoms with Gasteiger partial charge in [0.15, 0.2) is 11.7 Å². The maximum absolute atomic E-state index is 13.3. The Morgan fingerprint density at radius 3 is 2.92 bits per heavy atom. The van der Waals surface area contributed by atoms with E-state index in [-0.39, 0.29) is 18.3 Å². The average molecular weight is 505 g/mol. The number of hydrogen-bond donors (Lipinski definition) is 1. The molecule has 1 N–H and O–H groups in total. The Labute approximate surface area is 213 Å². The zero-order chi connectivity index (χ0) is 25.6. The molecule has 0 amide bonds. The fourth-order valence-electron chi connectivity index (χ4n) is 4.24. The summed E-state index contributed by atoms with van der Waals surface area (Å²) in [7, 11) is 0. The number of allylic oxidation sites excluding steroid dienone is 1. The maximum Gasteiger partial charge on any atom is 0.326 e. The highest BCUT2D eigenvalue weighted by atomic mass is 16.5. The van der Waals surface area contributed by atoms with Crippen molar-refractivity contribution in [3.63, 3.8) is 0 Å². The monoisotopic (exact) mass is 504 g/mol. The number of benzene rings is 1. The number of morpholine rings is 1. The van der Waals surface area contributed by atoms with Gasteiger partial charge >= 0.3 is 5.97 Å². The van der Waals surface area contributed by atoms with Crippen molar-refractivity contribution in [2.45, 2.75) is 6.92 Å². The van der Waals surface area contributed by atoms with Crippen LogP contribution in [0.1, 0.15) is 12.5 Å². The largest absolute Gasteiger partial charge is 0.490 e. The summed E-state index contributed by atoms with van der Waals surface area (Å²) in [6.07, 6.45) is 4.99. The summed E-state index contributed by atoms with van der Waals surface area (Å²) in [5.41, 5.74) is 1.85. The van der Waals surface area contributed by atoms with Gasteiger partial charge in [-0.2, -0.15) is 0 Å². The lowest BCUT2D eigenvalue weighted by Gasteiger charge is -2.26. The Kier molecular flexibility index (Phi) is 7.57. The van der Waals surface area contributed by atoms with E-state index in [4.69, 9.17) is 18.9 Å². The zero-order valence-corrected chi connectivity index (χ0v) is 20.5. The van der Waals surface area contributed by atoms with E-state index in [1.54, 1.807) is 49.7 Å². The molecule has 2 aliphatic heterocycles. The number of carbonyl (C=O) groups is 2. The van der Waals surface area contributed by atoms with Gasteiger partial charge in [-0.15, -0.1) is 0 Å². The highest BCUT2D eigenvalue weighted by Crippen LogP contribution is 2.33. The first-order chi connectivity index (χ1) is 18.1. The van der Waals surface area contributed by atoms with Crippen LogP contribution in [0.15, 0.2) is 59.5 Å². The highest BCUT2D eigenvalue weighted by molar-refractivity contribution is 6.27. The third kappa shape index (κ3) is 5.55. The third-order valence-electron chi connectivity index (χ3n) is 6.12. The summed E-state index contributed by atoms with van der Waals surface area (Å²) >= 11 is 0. The van der Waals surface area contributed by atoms with Crippen LogP contribution in [0.25, 0.3) is 17.1 Å². The van der Waals surface area contributed by atoms with E-state index in [9.17, 15) is 9.59 Å². The van der Waals surface area contributed by atoms with Crippen LogP contribution < -0.4 is 4.74 Å². The molecule has 37 heavy (non-hydrogen) atoms. The molecule has 1 aromatic carbocycles. The molecule has 2 aliphatic rings. The molecular formula is C27H28N4O6. The van der Waals surface area contributed by atoms with Crippen LogP contribution in [-0.4, -0.2) is 78.6 Å². The number of Topliss-reactive ketones (excluding diaryl/α,β-unsaturated/α-hetero) is 1. The molecule has 4 heterocycles. The molecular weight excluding hydrogens is 476 g/mol. The molecule has 1 atom stereocenters. The number of nitrogens with zero attached hydrogens (tertiary/aromatic N) is 3. The molecule has 0 saturated carbocycles. The molecule has 10 heteroatoms. The molecule has 0 aliphatic carbocycles. The summed E-state index contributed by atoms with van der Waals surface area (Å²) in [6, 6.07) is 10.9. The van der Waals surface area contributed by atoms with Crippen LogP contribution in [0.5, 0.6) is 5.75 Å². The smallest absolute Gasteiger partial charge is 0.326 e. The lowest BCUT2D eigenvalue weighted by molar-refractivity contribution is -0.147. The number of hydrogen-bond acceptors (Lipinski definition) is 9. The number of H-pyrrole nitrogens is 1. The summed E-state index contributed by atoms with van der Waals surface area (Å²) < 4.78 is 22.4. The third-order valence-corrected chi connectivity index (χ3v) is 6.12. The standard InChI is InChI=1S/C27H28N4O6/c1-2-35-27(33)23-24(32)22(16-18-17-29-25-19(18)6-5-9-28-25)37-26(23)30-20-7-3-4-8-21(20)36-15-12-31-10-13-34-14-11-31/h3-9,16-17,23H,2,10-15H2,1H3,(H,28,29)/b22-16-,30-26?. The van der Waals surface area contributed by atoms with Crippen molar-refractivity contribution >= 4 is 40.4 Å². The number of esters is 1. The van der Waals surface area contributed by atoms with E-state index in [2.05, 4.69) is 19.9 Å². The predicted octanol–water partition coefficient (Wildman–Crippen LogP) is 3.12. The molecule has 10 nitrogen and oxygen atoms in total. The van der Waals surface area contributed by atoms with E-state index >= 15 is 0 Å². The second kappa shape index (κ2) is 11.4. The van der Waals surface area contributed by atoms with Crippen LogP contribution >= 0.6 is 0 Å². The highest BCUT2D eigenvalue weighted by Gasteiger charge is 2.45. The number of nitrogens with one attached hydrogen (secondary N) is 1. The molecule has 2 fully saturated rings. The van der Waals surface area contributed by atoms with Gasteiger partial charge in [0, 0.05) is 43.0 Å². The van der Waals surface area contributed by atoms with Gasteiger partial charge in [0.1, 0.15) is 23.7 Å². The number of pyridine rings is 1. The minimum Gasteiger partial charge on any atom is -0.490 e. The summed E-state index contributed by atoms with van der Waals surface area (Å²) in [5, 5.41) is 0.823. The van der Waals surface area contributed by atoms with Crippen LogP contribution in [0.4, 0.5) is 5.69 Å². The molecule has 2 aromatic heterocycles. The fourth-order valence-corrected chi connectivity index (χ4v) is 4.24. The quantitative estimate of drug-likeness (QED) is 0.283. The second-order valence-corrected chi connectivity index (χ2v) is 8.52. The predicted molar refractivity (Wildman–Crippen MR) is 137 cm³/mol. The first kappa shape index (κ1) is 24.7. The molecule has 0 radical (unpaired) electrons. The summed E-state index contributed by atoms with van der Waals surface area (Å²) in [5.74, 6) is -2.02. The number of aliphatic imine (C=N–C) groups is 1. The van der Waals surface area contributed by atoms with Crippen molar-refractivity contribution in [2.24, 2.45) is 10.9 Å². The first-order valence-electron chi connectivity index (χ1n) is 12.3. The minimum absolute atomic E-state index is 0.00673. The Bertz CT molecular complexity index is 1340. The average Bonchev–Trinajstić information content (AvgIpc) is 3.46. The van der Waals surface area contributed by atoms with Gasteiger partial charge in [-0.3, -0.25) is 14.5 Å². The number of aromatic amines is 1. The van der Waals surface area contributed by atoms with Gasteiger partial charge in [0.25, 0.3) is 0 Å². The Morgan fingerprint density at radius 1 is 1.24 bits per heavy atom.